The van der Waals surface area contributed by atoms with Crippen LogP contribution in [0, 0.1) is 6.92 Å². The van der Waals surface area contributed by atoms with Crippen LogP contribution in [0.1, 0.15) is 29.4 Å². The molecular formula is C16H19N3O2. The molecule has 5 heteroatoms. The maximum absolute atomic E-state index is 12.7. The van der Waals surface area contributed by atoms with Crippen LogP contribution < -0.4 is 9.64 Å². The average molecular weight is 285 g/mol. The van der Waals surface area contributed by atoms with Crippen molar-refractivity contribution in [2.75, 3.05) is 18.1 Å². The van der Waals surface area contributed by atoms with Gasteiger partial charge >= 0.3 is 0 Å². The van der Waals surface area contributed by atoms with E-state index in [1.165, 1.54) is 0 Å². The zero-order valence-corrected chi connectivity index (χ0v) is 12.4. The van der Waals surface area contributed by atoms with E-state index in [1.54, 1.807) is 15.6 Å². The fraction of sp³-hybridized carbons (Fsp3) is 0.375. The minimum absolute atomic E-state index is 0.0858. The lowest BCUT2D eigenvalue weighted by molar-refractivity contribution is 0.0982. The highest BCUT2D eigenvalue weighted by Gasteiger charge is 2.23. The largest absolute Gasteiger partial charge is 0.478 e. The van der Waals surface area contributed by atoms with Crippen LogP contribution in [0.3, 0.4) is 0 Å². The molecule has 110 valence electrons. The van der Waals surface area contributed by atoms with Gasteiger partial charge in [0.25, 0.3) is 5.91 Å². The molecule has 1 aliphatic heterocycles. The Kier molecular flexibility index (Phi) is 3.64. The van der Waals surface area contributed by atoms with Crippen molar-refractivity contribution in [3.63, 3.8) is 0 Å². The highest BCUT2D eigenvalue weighted by molar-refractivity contribution is 6.05. The molecule has 1 aromatic carbocycles. The van der Waals surface area contributed by atoms with Crippen LogP contribution in [-0.2, 0) is 6.54 Å². The molecule has 0 saturated heterocycles. The van der Waals surface area contributed by atoms with Crippen molar-refractivity contribution < 1.29 is 9.53 Å². The van der Waals surface area contributed by atoms with E-state index < -0.39 is 0 Å². The normalized spacial score (nSPS) is 13.4. The summed E-state index contributed by atoms with van der Waals surface area (Å²) >= 11 is 0. The Labute approximate surface area is 124 Å². The molecule has 1 aromatic heterocycles. The van der Waals surface area contributed by atoms with Crippen LogP contribution in [0.5, 0.6) is 5.88 Å². The SMILES string of the molecule is CCN(C(=O)c1cc2n(n1)CCCO2)c1ccccc1C. The van der Waals surface area contributed by atoms with E-state index in [0.29, 0.717) is 24.7 Å². The van der Waals surface area contributed by atoms with Crippen molar-refractivity contribution >= 4 is 11.6 Å². The van der Waals surface area contributed by atoms with Gasteiger partial charge < -0.3 is 9.64 Å². The quantitative estimate of drug-likeness (QED) is 0.871. The number of nitrogens with zero attached hydrogens (tertiary/aromatic N) is 3. The highest BCUT2D eigenvalue weighted by Crippen LogP contribution is 2.24. The van der Waals surface area contributed by atoms with Gasteiger partial charge in [-0.05, 0) is 25.5 Å². The number of carbonyl (C=O) groups is 1. The Hall–Kier alpha value is -2.30. The van der Waals surface area contributed by atoms with Crippen LogP contribution in [-0.4, -0.2) is 28.8 Å². The smallest absolute Gasteiger partial charge is 0.278 e. The van der Waals surface area contributed by atoms with E-state index in [9.17, 15) is 4.79 Å². The molecule has 0 atom stereocenters. The van der Waals surface area contributed by atoms with Gasteiger partial charge in [-0.2, -0.15) is 5.10 Å². The first-order valence-electron chi connectivity index (χ1n) is 7.29. The van der Waals surface area contributed by atoms with Crippen molar-refractivity contribution in [1.29, 1.82) is 0 Å². The first-order chi connectivity index (χ1) is 10.2. The third-order valence-corrected chi connectivity index (χ3v) is 3.69. The lowest BCUT2D eigenvalue weighted by atomic mass is 10.1. The number of anilines is 1. The molecule has 0 saturated carbocycles. The predicted octanol–water partition coefficient (Wildman–Crippen LogP) is 2.64. The monoisotopic (exact) mass is 285 g/mol. The van der Waals surface area contributed by atoms with E-state index in [1.807, 2.05) is 38.1 Å². The molecule has 0 N–H and O–H groups in total. The standard InChI is InChI=1S/C16H19N3O2/c1-3-18(14-8-5-4-7-12(14)2)16(20)13-11-15-19(17-13)9-6-10-21-15/h4-5,7-8,11H,3,6,9-10H2,1-2H3. The zero-order valence-electron chi connectivity index (χ0n) is 12.4. The Morgan fingerprint density at radius 3 is 2.95 bits per heavy atom. The van der Waals surface area contributed by atoms with Crippen LogP contribution in [0.2, 0.25) is 0 Å². The first kappa shape index (κ1) is 13.7. The molecule has 0 radical (unpaired) electrons. The van der Waals surface area contributed by atoms with Crippen molar-refractivity contribution in [1.82, 2.24) is 9.78 Å². The van der Waals surface area contributed by atoms with Gasteiger partial charge in [0.2, 0.25) is 5.88 Å². The summed E-state index contributed by atoms with van der Waals surface area (Å²) < 4.78 is 7.29. The van der Waals surface area contributed by atoms with Gasteiger partial charge in [-0.15, -0.1) is 0 Å². The molecular weight excluding hydrogens is 266 g/mol. The summed E-state index contributed by atoms with van der Waals surface area (Å²) in [5.41, 5.74) is 2.45. The van der Waals surface area contributed by atoms with E-state index in [0.717, 1.165) is 24.2 Å². The number of benzene rings is 1. The molecule has 21 heavy (non-hydrogen) atoms. The van der Waals surface area contributed by atoms with Crippen LogP contribution >= 0.6 is 0 Å². The van der Waals surface area contributed by atoms with Gasteiger partial charge in [0.1, 0.15) is 0 Å². The van der Waals surface area contributed by atoms with Crippen LogP contribution in [0.25, 0.3) is 0 Å². The fourth-order valence-electron chi connectivity index (χ4n) is 2.60. The highest BCUT2D eigenvalue weighted by atomic mass is 16.5. The topological polar surface area (TPSA) is 47.4 Å². The van der Waals surface area contributed by atoms with E-state index in [2.05, 4.69) is 5.10 Å². The van der Waals surface area contributed by atoms with Crippen LogP contribution in [0.15, 0.2) is 30.3 Å². The summed E-state index contributed by atoms with van der Waals surface area (Å²) in [6.07, 6.45) is 0.928. The van der Waals surface area contributed by atoms with Gasteiger partial charge in [-0.25, -0.2) is 4.68 Å². The lowest BCUT2D eigenvalue weighted by Crippen LogP contribution is -2.31. The molecule has 0 spiro atoms. The van der Waals surface area contributed by atoms with Gasteiger partial charge in [0.05, 0.1) is 6.61 Å². The third-order valence-electron chi connectivity index (χ3n) is 3.69. The minimum atomic E-state index is -0.0858. The number of hydrogen-bond acceptors (Lipinski definition) is 3. The number of aryl methyl sites for hydroxylation is 2. The molecule has 2 heterocycles. The second-order valence-electron chi connectivity index (χ2n) is 5.13. The van der Waals surface area contributed by atoms with Crippen molar-refractivity contribution in [2.24, 2.45) is 0 Å². The molecule has 0 aliphatic carbocycles. The average Bonchev–Trinajstić information content (AvgIpc) is 2.93. The van der Waals surface area contributed by atoms with E-state index >= 15 is 0 Å². The zero-order chi connectivity index (χ0) is 14.8. The van der Waals surface area contributed by atoms with Gasteiger partial charge in [-0.1, -0.05) is 18.2 Å². The summed E-state index contributed by atoms with van der Waals surface area (Å²) in [5.74, 6) is 0.600. The molecule has 2 aromatic rings. The first-order valence-corrected chi connectivity index (χ1v) is 7.29. The Morgan fingerprint density at radius 2 is 2.24 bits per heavy atom. The molecule has 0 bridgehead atoms. The van der Waals surface area contributed by atoms with E-state index in [-0.39, 0.29) is 5.91 Å². The second-order valence-corrected chi connectivity index (χ2v) is 5.13. The van der Waals surface area contributed by atoms with Crippen LogP contribution in [0.4, 0.5) is 5.69 Å². The van der Waals surface area contributed by atoms with Crippen molar-refractivity contribution in [3.05, 3.63) is 41.6 Å². The maximum atomic E-state index is 12.7. The van der Waals surface area contributed by atoms with Gasteiger partial charge in [0.15, 0.2) is 5.69 Å². The molecule has 1 aliphatic rings. The molecule has 1 amide bonds. The van der Waals surface area contributed by atoms with Gasteiger partial charge in [0, 0.05) is 31.3 Å². The number of para-hydroxylation sites is 1. The molecule has 3 rings (SSSR count). The fourth-order valence-corrected chi connectivity index (χ4v) is 2.60. The maximum Gasteiger partial charge on any atom is 0.278 e. The summed E-state index contributed by atoms with van der Waals surface area (Å²) in [7, 11) is 0. The number of amides is 1. The molecule has 5 nitrogen and oxygen atoms in total. The summed E-state index contributed by atoms with van der Waals surface area (Å²) in [6, 6.07) is 9.62. The number of carbonyl (C=O) groups excluding carboxylic acids is 1. The number of aromatic nitrogens is 2. The number of rotatable bonds is 3. The predicted molar refractivity (Wildman–Crippen MR) is 80.9 cm³/mol. The summed E-state index contributed by atoms with van der Waals surface area (Å²) in [6.45, 7) is 6.07. The molecule has 0 unspecified atom stereocenters. The second kappa shape index (κ2) is 5.60. The Morgan fingerprint density at radius 1 is 1.43 bits per heavy atom. The third kappa shape index (κ3) is 2.51. The molecule has 0 fully saturated rings. The number of fused-ring (bicyclic) bond motifs is 1. The summed E-state index contributed by atoms with van der Waals surface area (Å²) in [5, 5.41) is 4.38. The van der Waals surface area contributed by atoms with Crippen molar-refractivity contribution in [2.45, 2.75) is 26.8 Å². The number of ether oxygens (including phenoxy) is 1. The minimum Gasteiger partial charge on any atom is -0.478 e. The Balaban J connectivity index is 1.92. The van der Waals surface area contributed by atoms with Crippen molar-refractivity contribution in [3.8, 4) is 5.88 Å². The summed E-state index contributed by atoms with van der Waals surface area (Å²) in [4.78, 5) is 14.5. The van der Waals surface area contributed by atoms with E-state index in [4.69, 9.17) is 4.74 Å². The van der Waals surface area contributed by atoms with Gasteiger partial charge in [-0.3, -0.25) is 4.79 Å². The Bertz CT molecular complexity index is 640. The number of hydrogen-bond donors (Lipinski definition) is 0. The lowest BCUT2D eigenvalue weighted by Gasteiger charge is -2.21.